The van der Waals surface area contributed by atoms with Crippen molar-refractivity contribution >= 4 is 5.97 Å². The van der Waals surface area contributed by atoms with E-state index in [1.54, 1.807) is 0 Å². The van der Waals surface area contributed by atoms with Gasteiger partial charge in [-0.3, -0.25) is 9.36 Å². The third-order valence-corrected chi connectivity index (χ3v) is 2.62. The predicted octanol–water partition coefficient (Wildman–Crippen LogP) is 1.16. The molecule has 0 amide bonds. The number of hydrogen-bond acceptors (Lipinski definition) is 3. The highest BCUT2D eigenvalue weighted by molar-refractivity contribution is 5.67. The van der Waals surface area contributed by atoms with E-state index < -0.39 is 23.4 Å². The number of benzene rings is 1. The lowest BCUT2D eigenvalue weighted by Crippen LogP contribution is -2.18. The van der Waals surface area contributed by atoms with Crippen molar-refractivity contribution in [2.45, 2.75) is 13.0 Å². The Labute approximate surface area is 106 Å². The third-order valence-electron chi connectivity index (χ3n) is 2.62. The summed E-state index contributed by atoms with van der Waals surface area (Å²) in [7, 11) is 0. The van der Waals surface area contributed by atoms with Crippen LogP contribution < -0.4 is 5.69 Å². The molecule has 0 bridgehead atoms. The van der Waals surface area contributed by atoms with Gasteiger partial charge in [0.2, 0.25) is 5.88 Å². The second-order valence-electron chi connectivity index (χ2n) is 3.93. The van der Waals surface area contributed by atoms with E-state index in [1.807, 2.05) is 0 Å². The maximum atomic E-state index is 13.1. The van der Waals surface area contributed by atoms with Gasteiger partial charge in [0.15, 0.2) is 0 Å². The summed E-state index contributed by atoms with van der Waals surface area (Å²) in [5.41, 5.74) is -0.267. The molecule has 0 aliphatic rings. The van der Waals surface area contributed by atoms with Gasteiger partial charge in [0, 0.05) is 12.1 Å². The number of rotatable bonds is 4. The third kappa shape index (κ3) is 2.65. The summed E-state index contributed by atoms with van der Waals surface area (Å²) in [6.07, 6.45) is -0.298. The highest BCUT2D eigenvalue weighted by atomic mass is 19.1. The van der Waals surface area contributed by atoms with Crippen LogP contribution in [-0.2, 0) is 11.3 Å². The van der Waals surface area contributed by atoms with E-state index in [1.165, 1.54) is 18.2 Å². The molecule has 0 atom stereocenters. The fourth-order valence-corrected chi connectivity index (χ4v) is 1.72. The minimum atomic E-state index is -1.08. The van der Waals surface area contributed by atoms with E-state index in [0.717, 1.165) is 10.6 Å². The zero-order valence-corrected chi connectivity index (χ0v) is 9.76. The Kier molecular flexibility index (Phi) is 3.37. The molecular formula is C12H11FN2O4. The molecule has 0 aliphatic heterocycles. The first kappa shape index (κ1) is 12.9. The second kappa shape index (κ2) is 4.97. The first-order valence-corrected chi connectivity index (χ1v) is 5.48. The van der Waals surface area contributed by atoms with Crippen molar-refractivity contribution in [3.8, 4) is 17.1 Å². The topological polar surface area (TPSA) is 95.3 Å². The van der Waals surface area contributed by atoms with Crippen LogP contribution in [0.1, 0.15) is 6.42 Å². The molecule has 100 valence electrons. The van der Waals surface area contributed by atoms with E-state index in [4.69, 9.17) is 5.11 Å². The number of halogens is 1. The Morgan fingerprint density at radius 1 is 1.42 bits per heavy atom. The first-order valence-electron chi connectivity index (χ1n) is 5.48. The monoisotopic (exact) mass is 266 g/mol. The number of carboxylic acid groups (broad SMARTS) is 1. The number of nitrogens with one attached hydrogen (secondary N) is 1. The summed E-state index contributed by atoms with van der Waals surface area (Å²) < 4.78 is 14.0. The van der Waals surface area contributed by atoms with Crippen LogP contribution in [0.2, 0.25) is 0 Å². The molecule has 1 aromatic carbocycles. The molecule has 0 radical (unpaired) electrons. The molecule has 0 fully saturated rings. The number of aromatic amines is 1. The molecule has 7 heteroatoms. The van der Waals surface area contributed by atoms with Crippen LogP contribution in [0.15, 0.2) is 29.1 Å². The highest BCUT2D eigenvalue weighted by Crippen LogP contribution is 2.26. The molecule has 0 saturated heterocycles. The normalized spacial score (nSPS) is 10.6. The van der Waals surface area contributed by atoms with Gasteiger partial charge in [0.1, 0.15) is 11.5 Å². The number of nitrogens with zero attached hydrogens (tertiary/aromatic N) is 1. The number of aliphatic carboxylic acids is 1. The Morgan fingerprint density at radius 2 is 2.16 bits per heavy atom. The summed E-state index contributed by atoms with van der Waals surface area (Å²) in [5, 5.41) is 18.4. The van der Waals surface area contributed by atoms with Gasteiger partial charge < -0.3 is 15.2 Å². The molecule has 2 aromatic rings. The molecule has 19 heavy (non-hydrogen) atoms. The largest absolute Gasteiger partial charge is 0.493 e. The molecule has 3 N–H and O–H groups in total. The van der Waals surface area contributed by atoms with Crippen molar-refractivity contribution in [2.75, 3.05) is 0 Å². The van der Waals surface area contributed by atoms with Gasteiger partial charge in [-0.25, -0.2) is 9.18 Å². The lowest BCUT2D eigenvalue weighted by Gasteiger charge is -2.02. The fourth-order valence-electron chi connectivity index (χ4n) is 1.72. The van der Waals surface area contributed by atoms with Gasteiger partial charge in [0.25, 0.3) is 0 Å². The quantitative estimate of drug-likeness (QED) is 0.773. The molecule has 1 heterocycles. The van der Waals surface area contributed by atoms with Gasteiger partial charge in [-0.05, 0) is 12.1 Å². The van der Waals surface area contributed by atoms with Crippen molar-refractivity contribution in [2.24, 2.45) is 0 Å². The van der Waals surface area contributed by atoms with Crippen LogP contribution >= 0.6 is 0 Å². The lowest BCUT2D eigenvalue weighted by atomic mass is 10.1. The fraction of sp³-hybridized carbons (Fsp3) is 0.167. The Balaban J connectivity index is 2.41. The Bertz CT molecular complexity index is 675. The number of hydrogen-bond donors (Lipinski definition) is 3. The zero-order chi connectivity index (χ0) is 14.0. The minimum Gasteiger partial charge on any atom is -0.493 e. The molecule has 0 unspecified atom stereocenters. The average Bonchev–Trinajstić information content (AvgIpc) is 2.62. The summed E-state index contributed by atoms with van der Waals surface area (Å²) in [4.78, 5) is 24.4. The van der Waals surface area contributed by atoms with Crippen LogP contribution in [-0.4, -0.2) is 25.7 Å². The van der Waals surface area contributed by atoms with Crippen LogP contribution in [0.25, 0.3) is 11.3 Å². The van der Waals surface area contributed by atoms with Gasteiger partial charge in [-0.15, -0.1) is 0 Å². The molecule has 2 rings (SSSR count). The molecule has 1 aromatic heterocycles. The van der Waals surface area contributed by atoms with Gasteiger partial charge >= 0.3 is 11.7 Å². The number of imidazole rings is 1. The SMILES string of the molecule is O=C(O)CCn1c(O)c(-c2cccc(F)c2)[nH]c1=O. The maximum absolute atomic E-state index is 13.1. The number of aromatic nitrogens is 2. The minimum absolute atomic E-state index is 0.0647. The number of carboxylic acids is 1. The Morgan fingerprint density at radius 3 is 2.79 bits per heavy atom. The highest BCUT2D eigenvalue weighted by Gasteiger charge is 2.15. The van der Waals surface area contributed by atoms with E-state index in [2.05, 4.69) is 4.98 Å². The van der Waals surface area contributed by atoms with Crippen LogP contribution in [0.4, 0.5) is 4.39 Å². The molecule has 6 nitrogen and oxygen atoms in total. The molecule has 0 aliphatic carbocycles. The van der Waals surface area contributed by atoms with Crippen LogP contribution in [0.3, 0.4) is 0 Å². The Hall–Kier alpha value is -2.57. The predicted molar refractivity (Wildman–Crippen MR) is 64.4 cm³/mol. The maximum Gasteiger partial charge on any atom is 0.328 e. The summed E-state index contributed by atoms with van der Waals surface area (Å²) in [6, 6.07) is 5.36. The van der Waals surface area contributed by atoms with Crippen molar-refractivity contribution in [1.82, 2.24) is 9.55 Å². The zero-order valence-electron chi connectivity index (χ0n) is 9.76. The standard InChI is InChI=1S/C12H11FN2O4/c13-8-3-1-2-7(6-8)10-11(18)15(12(19)14-10)5-4-9(16)17/h1-3,6,18H,4-5H2,(H,14,19)(H,16,17). The second-order valence-corrected chi connectivity index (χ2v) is 3.93. The van der Waals surface area contributed by atoms with E-state index in [9.17, 15) is 19.1 Å². The first-order chi connectivity index (χ1) is 8.99. The number of carbonyl (C=O) groups is 1. The molecule has 0 saturated carbocycles. The average molecular weight is 266 g/mol. The van der Waals surface area contributed by atoms with Crippen LogP contribution in [0, 0.1) is 5.82 Å². The van der Waals surface area contributed by atoms with Gasteiger partial charge in [0.05, 0.1) is 6.42 Å². The molecular weight excluding hydrogens is 255 g/mol. The van der Waals surface area contributed by atoms with E-state index >= 15 is 0 Å². The van der Waals surface area contributed by atoms with Gasteiger partial charge in [-0.2, -0.15) is 0 Å². The lowest BCUT2D eigenvalue weighted by molar-refractivity contribution is -0.137. The van der Waals surface area contributed by atoms with Crippen molar-refractivity contribution in [3.63, 3.8) is 0 Å². The van der Waals surface area contributed by atoms with Crippen LogP contribution in [0.5, 0.6) is 5.88 Å². The molecule has 0 spiro atoms. The van der Waals surface area contributed by atoms with E-state index in [0.29, 0.717) is 5.56 Å². The van der Waals surface area contributed by atoms with Gasteiger partial charge in [-0.1, -0.05) is 12.1 Å². The summed E-state index contributed by atoms with van der Waals surface area (Å²) in [5.74, 6) is -1.99. The summed E-state index contributed by atoms with van der Waals surface area (Å²) >= 11 is 0. The summed E-state index contributed by atoms with van der Waals surface area (Å²) in [6.45, 7) is -0.161. The van der Waals surface area contributed by atoms with Crippen molar-refractivity contribution < 1.29 is 19.4 Å². The van der Waals surface area contributed by atoms with Crippen molar-refractivity contribution in [3.05, 3.63) is 40.6 Å². The van der Waals surface area contributed by atoms with Crippen molar-refractivity contribution in [1.29, 1.82) is 0 Å². The van der Waals surface area contributed by atoms with E-state index in [-0.39, 0.29) is 18.7 Å². The smallest absolute Gasteiger partial charge is 0.328 e. The number of aromatic hydroxyl groups is 1. The number of H-pyrrole nitrogens is 1.